The molecule has 2 aromatic heterocycles. The third-order valence-corrected chi connectivity index (χ3v) is 8.97. The summed E-state index contributed by atoms with van der Waals surface area (Å²) in [5.74, 6) is 1.16. The highest BCUT2D eigenvalue weighted by Crippen LogP contribution is 2.29. The molecule has 3 heterocycles. The molecule has 0 saturated carbocycles. The number of hydrogen-bond acceptors (Lipinski definition) is 7. The molecular formula is C22H26N4O3S3. The molecule has 4 rings (SSSR count). The Morgan fingerprint density at radius 3 is 2.69 bits per heavy atom. The lowest BCUT2D eigenvalue weighted by Gasteiger charge is -2.27. The van der Waals surface area contributed by atoms with Crippen molar-refractivity contribution in [3.05, 3.63) is 53.4 Å². The van der Waals surface area contributed by atoms with Crippen molar-refractivity contribution in [1.82, 2.24) is 19.7 Å². The summed E-state index contributed by atoms with van der Waals surface area (Å²) in [6, 6.07) is 13.9. The van der Waals surface area contributed by atoms with E-state index in [0.29, 0.717) is 24.7 Å². The Hall–Kier alpha value is -2.17. The topological polar surface area (TPSA) is 85.2 Å². The number of aromatic nitrogens is 3. The maximum atomic E-state index is 13.1. The number of carbonyl (C=O) groups excluding carboxylic acids is 1. The minimum Gasteiger partial charge on any atom is -0.338 e. The Morgan fingerprint density at radius 2 is 2.03 bits per heavy atom. The van der Waals surface area contributed by atoms with E-state index in [4.69, 9.17) is 0 Å². The Kier molecular flexibility index (Phi) is 7.32. The monoisotopic (exact) mass is 490 g/mol. The molecule has 1 fully saturated rings. The lowest BCUT2D eigenvalue weighted by atomic mass is 10.2. The molecule has 0 bridgehead atoms. The van der Waals surface area contributed by atoms with Gasteiger partial charge in [-0.2, -0.15) is 0 Å². The third-order valence-electron chi connectivity index (χ3n) is 5.40. The van der Waals surface area contributed by atoms with E-state index in [2.05, 4.69) is 22.3 Å². The molecule has 32 heavy (non-hydrogen) atoms. The molecule has 0 spiro atoms. The molecule has 1 saturated heterocycles. The van der Waals surface area contributed by atoms with Gasteiger partial charge in [-0.25, -0.2) is 8.42 Å². The smallest absolute Gasteiger partial charge is 0.233 e. The van der Waals surface area contributed by atoms with Crippen molar-refractivity contribution in [3.8, 4) is 10.7 Å². The highest BCUT2D eigenvalue weighted by atomic mass is 32.2. The highest BCUT2D eigenvalue weighted by Gasteiger charge is 2.34. The van der Waals surface area contributed by atoms with Gasteiger partial charge in [-0.1, -0.05) is 55.1 Å². The van der Waals surface area contributed by atoms with E-state index >= 15 is 0 Å². The fourth-order valence-electron chi connectivity index (χ4n) is 3.87. The summed E-state index contributed by atoms with van der Waals surface area (Å²) in [6.45, 7) is 3.18. The van der Waals surface area contributed by atoms with Gasteiger partial charge in [0.25, 0.3) is 0 Å². The number of carbonyl (C=O) groups is 1. The SMILES string of the molecule is CCCN(C(=O)CSc1nnc(-c2cccs2)n1Cc1ccccc1)C1CCS(=O)(=O)C1. The molecular weight excluding hydrogens is 464 g/mol. The van der Waals surface area contributed by atoms with E-state index in [9.17, 15) is 13.2 Å². The minimum absolute atomic E-state index is 0.0501. The summed E-state index contributed by atoms with van der Waals surface area (Å²) in [5.41, 5.74) is 1.13. The van der Waals surface area contributed by atoms with Crippen LogP contribution < -0.4 is 0 Å². The van der Waals surface area contributed by atoms with Crippen LogP contribution in [-0.2, 0) is 21.2 Å². The largest absolute Gasteiger partial charge is 0.338 e. The van der Waals surface area contributed by atoms with E-state index < -0.39 is 9.84 Å². The van der Waals surface area contributed by atoms with Gasteiger partial charge in [-0.05, 0) is 29.9 Å². The van der Waals surface area contributed by atoms with Gasteiger partial charge < -0.3 is 4.90 Å². The van der Waals surface area contributed by atoms with Crippen LogP contribution in [0, 0.1) is 0 Å². The van der Waals surface area contributed by atoms with Gasteiger partial charge in [-0.3, -0.25) is 9.36 Å². The summed E-state index contributed by atoms with van der Waals surface area (Å²) in [5, 5.41) is 11.5. The maximum Gasteiger partial charge on any atom is 0.233 e. The second kappa shape index (κ2) is 10.2. The molecule has 0 aliphatic carbocycles. The molecule has 3 aromatic rings. The molecule has 170 valence electrons. The third kappa shape index (κ3) is 5.41. The number of sulfone groups is 1. The zero-order chi connectivity index (χ0) is 22.6. The molecule has 0 N–H and O–H groups in total. The van der Waals surface area contributed by atoms with Gasteiger partial charge in [0, 0.05) is 12.6 Å². The van der Waals surface area contributed by atoms with Crippen LogP contribution in [0.1, 0.15) is 25.3 Å². The second-order valence-corrected chi connectivity index (χ2v) is 11.9. The first-order valence-electron chi connectivity index (χ1n) is 10.6. The zero-order valence-electron chi connectivity index (χ0n) is 17.9. The van der Waals surface area contributed by atoms with E-state index in [0.717, 1.165) is 22.7 Å². The Morgan fingerprint density at radius 1 is 1.22 bits per heavy atom. The van der Waals surface area contributed by atoms with E-state index in [1.54, 1.807) is 16.2 Å². The number of hydrogen-bond donors (Lipinski definition) is 0. The summed E-state index contributed by atoms with van der Waals surface area (Å²) in [6.07, 6.45) is 1.31. The van der Waals surface area contributed by atoms with E-state index in [1.165, 1.54) is 11.8 Å². The molecule has 1 aromatic carbocycles. The molecule has 7 nitrogen and oxygen atoms in total. The summed E-state index contributed by atoms with van der Waals surface area (Å²) in [7, 11) is -3.05. The van der Waals surface area contributed by atoms with Crippen LogP contribution in [0.25, 0.3) is 10.7 Å². The number of thiophene rings is 1. The molecule has 1 amide bonds. The molecule has 1 aliphatic rings. The predicted octanol–water partition coefficient (Wildman–Crippen LogP) is 3.57. The highest BCUT2D eigenvalue weighted by molar-refractivity contribution is 7.99. The van der Waals surface area contributed by atoms with Crippen molar-refractivity contribution in [1.29, 1.82) is 0 Å². The van der Waals surface area contributed by atoms with Crippen molar-refractivity contribution in [2.45, 2.75) is 37.5 Å². The van der Waals surface area contributed by atoms with Gasteiger partial charge in [0.1, 0.15) is 0 Å². The maximum absolute atomic E-state index is 13.1. The van der Waals surface area contributed by atoms with Crippen LogP contribution in [0.3, 0.4) is 0 Å². The number of amides is 1. The average Bonchev–Trinajstić information content (AvgIpc) is 3.51. The van der Waals surface area contributed by atoms with Crippen LogP contribution in [-0.4, -0.2) is 63.8 Å². The number of thioether (sulfide) groups is 1. The predicted molar refractivity (Wildman–Crippen MR) is 129 cm³/mol. The van der Waals surface area contributed by atoms with Crippen LogP contribution in [0.2, 0.25) is 0 Å². The first-order valence-corrected chi connectivity index (χ1v) is 14.3. The van der Waals surface area contributed by atoms with E-state index in [1.807, 2.05) is 47.2 Å². The van der Waals surface area contributed by atoms with Crippen molar-refractivity contribution < 1.29 is 13.2 Å². The lowest BCUT2D eigenvalue weighted by Crippen LogP contribution is -2.42. The lowest BCUT2D eigenvalue weighted by molar-refractivity contribution is -0.130. The first-order chi connectivity index (χ1) is 15.5. The quantitative estimate of drug-likeness (QED) is 0.426. The standard InChI is InChI=1S/C22H26N4O3S3/c1-2-11-25(18-10-13-32(28,29)16-18)20(27)15-31-22-24-23-21(19-9-6-12-30-19)26(22)14-17-7-4-3-5-8-17/h3-9,12,18H,2,10-11,13-16H2,1H3. The number of benzene rings is 1. The average molecular weight is 491 g/mol. The van der Waals surface area contributed by atoms with Gasteiger partial charge in [0.2, 0.25) is 5.91 Å². The zero-order valence-corrected chi connectivity index (χ0v) is 20.3. The summed E-state index contributed by atoms with van der Waals surface area (Å²) < 4.78 is 25.9. The van der Waals surface area contributed by atoms with Crippen molar-refractivity contribution in [2.24, 2.45) is 0 Å². The van der Waals surface area contributed by atoms with Crippen LogP contribution in [0.5, 0.6) is 0 Å². The van der Waals surface area contributed by atoms with Crippen molar-refractivity contribution in [2.75, 3.05) is 23.8 Å². The molecule has 0 radical (unpaired) electrons. The van der Waals surface area contributed by atoms with Gasteiger partial charge in [0.05, 0.1) is 28.7 Å². The molecule has 1 unspecified atom stereocenters. The molecule has 1 atom stereocenters. The fourth-order valence-corrected chi connectivity index (χ4v) is 7.15. The first kappa shape index (κ1) is 23.0. The van der Waals surface area contributed by atoms with Crippen molar-refractivity contribution >= 4 is 38.8 Å². The van der Waals surface area contributed by atoms with Crippen molar-refractivity contribution in [3.63, 3.8) is 0 Å². The van der Waals surface area contributed by atoms with Gasteiger partial charge in [0.15, 0.2) is 20.8 Å². The Balaban J connectivity index is 1.52. The Bertz CT molecular complexity index is 1140. The number of nitrogens with zero attached hydrogens (tertiary/aromatic N) is 4. The Labute approximate surface area is 196 Å². The summed E-state index contributed by atoms with van der Waals surface area (Å²) in [4.78, 5) is 15.8. The summed E-state index contributed by atoms with van der Waals surface area (Å²) >= 11 is 2.96. The van der Waals surface area contributed by atoms with Crippen LogP contribution in [0.15, 0.2) is 53.0 Å². The van der Waals surface area contributed by atoms with E-state index in [-0.39, 0.29) is 29.2 Å². The van der Waals surface area contributed by atoms with Crippen LogP contribution >= 0.6 is 23.1 Å². The van der Waals surface area contributed by atoms with Gasteiger partial charge in [-0.15, -0.1) is 21.5 Å². The second-order valence-electron chi connectivity index (χ2n) is 7.79. The normalized spacial score (nSPS) is 17.5. The van der Waals surface area contributed by atoms with Gasteiger partial charge >= 0.3 is 0 Å². The minimum atomic E-state index is -3.05. The fraction of sp³-hybridized carbons (Fsp3) is 0.409. The molecule has 1 aliphatic heterocycles. The molecule has 10 heteroatoms. The van der Waals surface area contributed by atoms with Crippen LogP contribution in [0.4, 0.5) is 0 Å². The number of rotatable bonds is 9.